The molecule has 108 valence electrons. The predicted octanol–water partition coefficient (Wildman–Crippen LogP) is 4.85. The van der Waals surface area contributed by atoms with Crippen molar-refractivity contribution in [2.24, 2.45) is 0 Å². The van der Waals surface area contributed by atoms with Crippen LogP contribution in [0.4, 0.5) is 0 Å². The van der Waals surface area contributed by atoms with Crippen LogP contribution in [0.5, 0.6) is 0 Å². The molecule has 0 N–H and O–H groups in total. The summed E-state index contributed by atoms with van der Waals surface area (Å²) >= 11 is 1.43. The van der Waals surface area contributed by atoms with Crippen molar-refractivity contribution in [3.63, 3.8) is 0 Å². The Labute approximate surface area is 118 Å². The molecule has 0 unspecified atom stereocenters. The van der Waals surface area contributed by atoms with Crippen molar-refractivity contribution in [1.82, 2.24) is 0 Å². The van der Waals surface area contributed by atoms with E-state index in [1.54, 1.807) is 0 Å². The van der Waals surface area contributed by atoms with Crippen LogP contribution in [0, 0.1) is 0 Å². The van der Waals surface area contributed by atoms with Crippen molar-refractivity contribution in [3.05, 3.63) is 0 Å². The van der Waals surface area contributed by atoms with Crippen molar-refractivity contribution in [1.29, 1.82) is 0 Å². The molecule has 0 aromatic heterocycles. The van der Waals surface area contributed by atoms with Gasteiger partial charge in [-0.15, -0.1) is 0 Å². The number of rotatable bonds is 7. The van der Waals surface area contributed by atoms with E-state index in [1.807, 2.05) is 6.92 Å². The quantitative estimate of drug-likeness (QED) is 0.627. The van der Waals surface area contributed by atoms with Gasteiger partial charge in [-0.1, -0.05) is 39.5 Å². The summed E-state index contributed by atoms with van der Waals surface area (Å²) in [5, 5.41) is 0.576. The first-order chi connectivity index (χ1) is 8.10. The third-order valence-corrected chi connectivity index (χ3v) is 9.02. The van der Waals surface area contributed by atoms with E-state index in [2.05, 4.69) is 40.8 Å². The topological polar surface area (TPSA) is 26.3 Å². The second kappa shape index (κ2) is 7.71. The molecule has 0 aromatic rings. The van der Waals surface area contributed by atoms with Crippen molar-refractivity contribution < 1.29 is 9.22 Å². The zero-order valence-corrected chi connectivity index (χ0v) is 14.9. The molecule has 0 fully saturated rings. The van der Waals surface area contributed by atoms with Crippen molar-refractivity contribution in [2.45, 2.75) is 78.1 Å². The van der Waals surface area contributed by atoms with E-state index in [9.17, 15) is 4.79 Å². The summed E-state index contributed by atoms with van der Waals surface area (Å²) in [7, 11) is -1.65. The normalized spacial score (nSPS) is 14.6. The first kappa shape index (κ1) is 18.2. The van der Waals surface area contributed by atoms with Gasteiger partial charge in [0.25, 0.3) is 0 Å². The lowest BCUT2D eigenvalue weighted by atomic mass is 10.2. The molecule has 0 aromatic carbocycles. The molecule has 2 nitrogen and oxygen atoms in total. The maximum absolute atomic E-state index is 11.4. The highest BCUT2D eigenvalue weighted by atomic mass is 32.2. The average Bonchev–Trinajstić information content (AvgIpc) is 2.15. The van der Waals surface area contributed by atoms with Gasteiger partial charge in [-0.25, -0.2) is 0 Å². The van der Waals surface area contributed by atoms with Crippen LogP contribution in [0.3, 0.4) is 0 Å². The first-order valence-corrected chi connectivity index (χ1v) is 10.8. The Bertz CT molecular complexity index is 259. The predicted molar refractivity (Wildman–Crippen MR) is 84.7 cm³/mol. The highest BCUT2D eigenvalue weighted by Gasteiger charge is 2.38. The van der Waals surface area contributed by atoms with Crippen LogP contribution < -0.4 is 0 Å². The highest BCUT2D eigenvalue weighted by molar-refractivity contribution is 8.13. The highest BCUT2D eigenvalue weighted by Crippen LogP contribution is 2.37. The number of carbonyl (C=O) groups excluding carboxylic acids is 1. The van der Waals surface area contributed by atoms with Gasteiger partial charge >= 0.3 is 0 Å². The molecule has 4 heteroatoms. The van der Waals surface area contributed by atoms with Crippen LogP contribution in [0.15, 0.2) is 0 Å². The van der Waals surface area contributed by atoms with Gasteiger partial charge in [0.15, 0.2) is 13.4 Å². The van der Waals surface area contributed by atoms with Crippen LogP contribution in [0.25, 0.3) is 0 Å². The fraction of sp³-hybridized carbons (Fsp3) is 0.929. The van der Waals surface area contributed by atoms with Crippen LogP contribution in [0.2, 0.25) is 18.1 Å². The number of hydrogen-bond acceptors (Lipinski definition) is 3. The van der Waals surface area contributed by atoms with E-state index in [0.29, 0.717) is 11.5 Å². The minimum atomic E-state index is -1.65. The molecule has 1 atom stereocenters. The molecular formula is C14H30O2SSi. The summed E-state index contributed by atoms with van der Waals surface area (Å²) in [5.41, 5.74) is 0. The van der Waals surface area contributed by atoms with Crippen molar-refractivity contribution >= 4 is 25.2 Å². The molecule has 0 heterocycles. The smallest absolute Gasteiger partial charge is 0.192 e. The molecule has 0 radical (unpaired) electrons. The van der Waals surface area contributed by atoms with Gasteiger partial charge in [0.2, 0.25) is 0 Å². The summed E-state index contributed by atoms with van der Waals surface area (Å²) in [6.07, 6.45) is 2.89. The zero-order chi connectivity index (χ0) is 14.4. The van der Waals surface area contributed by atoms with E-state index in [-0.39, 0.29) is 11.1 Å². The monoisotopic (exact) mass is 290 g/mol. The summed E-state index contributed by atoms with van der Waals surface area (Å²) < 4.78 is 6.26. The molecule has 0 aliphatic carbocycles. The maximum atomic E-state index is 11.4. The van der Waals surface area contributed by atoms with Crippen LogP contribution in [-0.4, -0.2) is 25.3 Å². The lowest BCUT2D eigenvalue weighted by Gasteiger charge is -2.38. The molecule has 0 saturated heterocycles. The first-order valence-electron chi connectivity index (χ1n) is 6.93. The molecule has 0 rings (SSSR count). The summed E-state index contributed by atoms with van der Waals surface area (Å²) in [5.74, 6) is 0.884. The molecular weight excluding hydrogens is 260 g/mol. The van der Waals surface area contributed by atoms with Gasteiger partial charge in [-0.3, -0.25) is 4.79 Å². The van der Waals surface area contributed by atoms with Gasteiger partial charge in [-0.05, 0) is 43.7 Å². The Morgan fingerprint density at radius 1 is 1.33 bits per heavy atom. The lowest BCUT2D eigenvalue weighted by molar-refractivity contribution is -0.111. The fourth-order valence-corrected chi connectivity index (χ4v) is 3.59. The van der Waals surface area contributed by atoms with Crippen LogP contribution in [0.1, 0.15) is 53.9 Å². The Morgan fingerprint density at radius 3 is 2.33 bits per heavy atom. The van der Waals surface area contributed by atoms with E-state index in [4.69, 9.17) is 4.43 Å². The molecule has 0 amide bonds. The molecule has 0 aliphatic rings. The zero-order valence-electron chi connectivity index (χ0n) is 13.1. The summed E-state index contributed by atoms with van der Waals surface area (Å²) in [6.45, 7) is 15.5. The minimum Gasteiger partial charge on any atom is -0.414 e. The van der Waals surface area contributed by atoms with Gasteiger partial charge < -0.3 is 4.43 Å². The Balaban J connectivity index is 3.98. The standard InChI is InChI=1S/C14H30O2SSi/c1-8-17-13(15)11-9-10-12(2)16-18(6,7)14(3,4)5/h12H,8-11H2,1-7H3/t12-/m0/s1. The van der Waals surface area contributed by atoms with Gasteiger partial charge in [-0.2, -0.15) is 0 Å². The van der Waals surface area contributed by atoms with E-state index in [1.165, 1.54) is 11.8 Å². The minimum absolute atomic E-state index is 0.259. The number of carbonyl (C=O) groups is 1. The lowest BCUT2D eigenvalue weighted by Crippen LogP contribution is -2.43. The van der Waals surface area contributed by atoms with E-state index >= 15 is 0 Å². The maximum Gasteiger partial charge on any atom is 0.192 e. The van der Waals surface area contributed by atoms with Crippen molar-refractivity contribution in [3.8, 4) is 0 Å². The van der Waals surface area contributed by atoms with Gasteiger partial charge in [0.1, 0.15) is 0 Å². The van der Waals surface area contributed by atoms with E-state index in [0.717, 1.165) is 18.6 Å². The fourth-order valence-electron chi connectivity index (χ4n) is 1.51. The van der Waals surface area contributed by atoms with Crippen LogP contribution >= 0.6 is 11.8 Å². The second-order valence-electron chi connectivity index (χ2n) is 6.39. The largest absolute Gasteiger partial charge is 0.414 e. The third-order valence-electron chi connectivity index (χ3n) is 3.60. The molecule has 0 spiro atoms. The van der Waals surface area contributed by atoms with Crippen molar-refractivity contribution in [2.75, 3.05) is 5.75 Å². The van der Waals surface area contributed by atoms with Gasteiger partial charge in [0, 0.05) is 12.5 Å². The Kier molecular flexibility index (Phi) is 7.79. The Hall–Kier alpha value is 0.197. The molecule has 0 aliphatic heterocycles. The third kappa shape index (κ3) is 6.95. The van der Waals surface area contributed by atoms with E-state index < -0.39 is 8.32 Å². The number of hydrogen-bond donors (Lipinski definition) is 0. The Morgan fingerprint density at radius 2 is 1.89 bits per heavy atom. The molecule has 18 heavy (non-hydrogen) atoms. The SMILES string of the molecule is CCSC(=O)CCC[C@H](C)O[Si](C)(C)C(C)(C)C. The summed E-state index contributed by atoms with van der Waals surface area (Å²) in [6, 6.07) is 0. The van der Waals surface area contributed by atoms with Gasteiger partial charge in [0.05, 0.1) is 0 Å². The molecule has 0 saturated carbocycles. The number of thioether (sulfide) groups is 1. The summed E-state index contributed by atoms with van der Waals surface area (Å²) in [4.78, 5) is 11.4. The average molecular weight is 291 g/mol. The molecule has 0 bridgehead atoms. The van der Waals surface area contributed by atoms with Crippen LogP contribution in [-0.2, 0) is 9.22 Å². The second-order valence-corrected chi connectivity index (χ2v) is 12.5.